The second kappa shape index (κ2) is 7.43. The highest BCUT2D eigenvalue weighted by Gasteiger charge is 2.16. The third-order valence-electron chi connectivity index (χ3n) is 3.15. The van der Waals surface area contributed by atoms with Crippen LogP contribution in [-0.2, 0) is 11.2 Å². The summed E-state index contributed by atoms with van der Waals surface area (Å²) in [5.41, 5.74) is 7.13. The number of hydrogen-bond donors (Lipinski definition) is 1. The van der Waals surface area contributed by atoms with Crippen molar-refractivity contribution in [1.82, 2.24) is 0 Å². The molecule has 108 valence electrons. The Bertz CT molecular complexity index is 494. The Morgan fingerprint density at radius 1 is 1.20 bits per heavy atom. The number of thiophene rings is 1. The van der Waals surface area contributed by atoms with Crippen LogP contribution in [-0.4, -0.2) is 19.8 Å². The number of methoxy groups -OCH3 is 1. The second-order valence-corrected chi connectivity index (χ2v) is 5.79. The summed E-state index contributed by atoms with van der Waals surface area (Å²) in [7, 11) is 1.66. The monoisotopic (exact) mass is 291 g/mol. The van der Waals surface area contributed by atoms with E-state index in [4.69, 9.17) is 15.2 Å². The SMILES string of the molecule is COc1ccc(C(OCCc2cccs2)C(C)N)cc1. The lowest BCUT2D eigenvalue weighted by Gasteiger charge is -2.22. The Kier molecular flexibility index (Phi) is 5.59. The zero-order valence-electron chi connectivity index (χ0n) is 11.9. The molecular formula is C16H21NO2S. The largest absolute Gasteiger partial charge is 0.497 e. The summed E-state index contributed by atoms with van der Waals surface area (Å²) in [6.07, 6.45) is 0.845. The van der Waals surface area contributed by atoms with E-state index in [1.54, 1.807) is 18.4 Å². The molecule has 0 fully saturated rings. The zero-order chi connectivity index (χ0) is 14.4. The normalized spacial score (nSPS) is 13.9. The first-order valence-corrected chi connectivity index (χ1v) is 7.62. The van der Waals surface area contributed by atoms with E-state index in [1.807, 2.05) is 31.2 Å². The molecule has 0 amide bonds. The molecule has 0 spiro atoms. The van der Waals surface area contributed by atoms with Gasteiger partial charge >= 0.3 is 0 Å². The molecule has 0 saturated heterocycles. The lowest BCUT2D eigenvalue weighted by Crippen LogP contribution is -2.27. The molecule has 0 aliphatic carbocycles. The van der Waals surface area contributed by atoms with E-state index in [9.17, 15) is 0 Å². The van der Waals surface area contributed by atoms with Crippen molar-refractivity contribution >= 4 is 11.3 Å². The number of rotatable bonds is 7. The third-order valence-corrected chi connectivity index (χ3v) is 4.08. The van der Waals surface area contributed by atoms with Gasteiger partial charge in [0.15, 0.2) is 0 Å². The maximum Gasteiger partial charge on any atom is 0.118 e. The first-order valence-electron chi connectivity index (χ1n) is 6.74. The average molecular weight is 291 g/mol. The molecule has 4 heteroatoms. The standard InChI is InChI=1S/C16H21NO2S/c1-12(17)16(13-5-7-14(18-2)8-6-13)19-10-9-15-4-3-11-20-15/h3-8,11-12,16H,9-10,17H2,1-2H3. The minimum Gasteiger partial charge on any atom is -0.497 e. The van der Waals surface area contributed by atoms with Crippen molar-refractivity contribution in [1.29, 1.82) is 0 Å². The van der Waals surface area contributed by atoms with Gasteiger partial charge in [-0.15, -0.1) is 11.3 Å². The van der Waals surface area contributed by atoms with Gasteiger partial charge in [-0.25, -0.2) is 0 Å². The van der Waals surface area contributed by atoms with Gasteiger partial charge in [-0.3, -0.25) is 0 Å². The molecule has 0 bridgehead atoms. The van der Waals surface area contributed by atoms with Crippen LogP contribution in [0.15, 0.2) is 41.8 Å². The van der Waals surface area contributed by atoms with Crippen LogP contribution in [0.25, 0.3) is 0 Å². The minimum absolute atomic E-state index is 0.0493. The van der Waals surface area contributed by atoms with Crippen molar-refractivity contribution in [2.75, 3.05) is 13.7 Å². The second-order valence-electron chi connectivity index (χ2n) is 4.75. The fourth-order valence-electron chi connectivity index (χ4n) is 2.09. The molecule has 3 nitrogen and oxygen atoms in total. The molecule has 2 atom stereocenters. The van der Waals surface area contributed by atoms with Crippen LogP contribution >= 0.6 is 11.3 Å². The molecule has 1 heterocycles. The van der Waals surface area contributed by atoms with Crippen molar-refractivity contribution < 1.29 is 9.47 Å². The van der Waals surface area contributed by atoms with Gasteiger partial charge in [0.25, 0.3) is 0 Å². The molecule has 2 rings (SSSR count). The van der Waals surface area contributed by atoms with Crippen LogP contribution in [0.3, 0.4) is 0 Å². The highest BCUT2D eigenvalue weighted by molar-refractivity contribution is 7.09. The highest BCUT2D eigenvalue weighted by Crippen LogP contribution is 2.23. The quantitative estimate of drug-likeness (QED) is 0.850. The van der Waals surface area contributed by atoms with E-state index in [0.29, 0.717) is 6.61 Å². The average Bonchev–Trinajstić information content (AvgIpc) is 2.97. The molecular weight excluding hydrogens is 270 g/mol. The van der Waals surface area contributed by atoms with E-state index in [1.165, 1.54) is 4.88 Å². The fourth-order valence-corrected chi connectivity index (χ4v) is 2.78. The van der Waals surface area contributed by atoms with Gasteiger partial charge in [0.05, 0.1) is 19.8 Å². The van der Waals surface area contributed by atoms with E-state index >= 15 is 0 Å². The Morgan fingerprint density at radius 3 is 2.50 bits per heavy atom. The summed E-state index contributed by atoms with van der Waals surface area (Å²) in [5, 5.41) is 2.09. The van der Waals surface area contributed by atoms with Gasteiger partial charge in [0.1, 0.15) is 5.75 Å². The number of hydrogen-bond acceptors (Lipinski definition) is 4. The van der Waals surface area contributed by atoms with Crippen molar-refractivity contribution in [2.45, 2.75) is 25.5 Å². The summed E-state index contributed by atoms with van der Waals surface area (Å²) in [5.74, 6) is 0.843. The van der Waals surface area contributed by atoms with E-state index in [-0.39, 0.29) is 12.1 Å². The van der Waals surface area contributed by atoms with Crippen LogP contribution < -0.4 is 10.5 Å². The molecule has 1 aromatic heterocycles. The lowest BCUT2D eigenvalue weighted by molar-refractivity contribution is 0.0406. The Hall–Kier alpha value is -1.36. The van der Waals surface area contributed by atoms with Crippen LogP contribution in [0.4, 0.5) is 0 Å². The fraction of sp³-hybridized carbons (Fsp3) is 0.375. The summed E-state index contributed by atoms with van der Waals surface area (Å²) in [6, 6.07) is 12.0. The van der Waals surface area contributed by atoms with Gasteiger partial charge in [0.2, 0.25) is 0 Å². The van der Waals surface area contributed by atoms with Gasteiger partial charge in [-0.05, 0) is 36.1 Å². The molecule has 2 aromatic rings. The van der Waals surface area contributed by atoms with Crippen molar-refractivity contribution in [3.8, 4) is 5.75 Å². The van der Waals surface area contributed by atoms with E-state index in [0.717, 1.165) is 17.7 Å². The van der Waals surface area contributed by atoms with Crippen molar-refractivity contribution in [3.63, 3.8) is 0 Å². The van der Waals surface area contributed by atoms with Crippen molar-refractivity contribution in [2.24, 2.45) is 5.73 Å². The van der Waals surface area contributed by atoms with Gasteiger partial charge in [0, 0.05) is 17.3 Å². The predicted octanol–water partition coefficient (Wildman–Crippen LogP) is 3.40. The Morgan fingerprint density at radius 2 is 1.95 bits per heavy atom. The van der Waals surface area contributed by atoms with Crippen LogP contribution in [0.5, 0.6) is 5.75 Å². The maximum atomic E-state index is 6.05. The Labute approximate surface area is 124 Å². The lowest BCUT2D eigenvalue weighted by atomic mass is 10.0. The minimum atomic E-state index is -0.0825. The van der Waals surface area contributed by atoms with Gasteiger partial charge in [-0.2, -0.15) is 0 Å². The first kappa shape index (κ1) is 15.0. The highest BCUT2D eigenvalue weighted by atomic mass is 32.1. The summed E-state index contributed by atoms with van der Waals surface area (Å²) >= 11 is 1.76. The molecule has 1 aromatic carbocycles. The molecule has 0 radical (unpaired) electrons. The molecule has 0 saturated carbocycles. The number of benzene rings is 1. The van der Waals surface area contributed by atoms with E-state index < -0.39 is 0 Å². The summed E-state index contributed by atoms with van der Waals surface area (Å²) in [4.78, 5) is 1.34. The molecule has 0 aliphatic rings. The van der Waals surface area contributed by atoms with Crippen LogP contribution in [0, 0.1) is 0 Å². The zero-order valence-corrected chi connectivity index (χ0v) is 12.7. The topological polar surface area (TPSA) is 44.5 Å². The molecule has 20 heavy (non-hydrogen) atoms. The molecule has 0 aliphatic heterocycles. The smallest absolute Gasteiger partial charge is 0.118 e. The summed E-state index contributed by atoms with van der Waals surface area (Å²) in [6.45, 7) is 2.65. The maximum absolute atomic E-state index is 6.05. The number of ether oxygens (including phenoxy) is 2. The Balaban J connectivity index is 1.95. The van der Waals surface area contributed by atoms with Crippen LogP contribution in [0.1, 0.15) is 23.5 Å². The van der Waals surface area contributed by atoms with E-state index in [2.05, 4.69) is 17.5 Å². The van der Waals surface area contributed by atoms with Crippen LogP contribution in [0.2, 0.25) is 0 Å². The van der Waals surface area contributed by atoms with Gasteiger partial charge < -0.3 is 15.2 Å². The van der Waals surface area contributed by atoms with Gasteiger partial charge in [-0.1, -0.05) is 18.2 Å². The third kappa shape index (κ3) is 4.07. The van der Waals surface area contributed by atoms with Crippen molar-refractivity contribution in [3.05, 3.63) is 52.2 Å². The predicted molar refractivity (Wildman–Crippen MR) is 83.4 cm³/mol. The first-order chi connectivity index (χ1) is 9.70. The number of nitrogens with two attached hydrogens (primary N) is 1. The molecule has 2 N–H and O–H groups in total. The molecule has 2 unspecified atom stereocenters. The summed E-state index contributed by atoms with van der Waals surface area (Å²) < 4.78 is 11.1.